The van der Waals surface area contributed by atoms with Gasteiger partial charge in [-0.05, 0) is 37.6 Å². The number of hydrogen-bond donors (Lipinski definition) is 1. The van der Waals surface area contributed by atoms with E-state index < -0.39 is 0 Å². The normalized spacial score (nSPS) is 21.5. The first kappa shape index (κ1) is 11.0. The average molecular weight is 183 g/mol. The van der Waals surface area contributed by atoms with Gasteiger partial charge in [0, 0.05) is 6.04 Å². The lowest BCUT2D eigenvalue weighted by molar-refractivity contribution is 0.323. The van der Waals surface area contributed by atoms with Gasteiger partial charge in [-0.2, -0.15) is 0 Å². The standard InChI is InChI=1S/C12H25N/c1-4-6-7-12(13-5-2)10(3)11-8-9-11/h10-13H,4-9H2,1-3H3. The van der Waals surface area contributed by atoms with Crippen molar-refractivity contribution in [3.05, 3.63) is 0 Å². The van der Waals surface area contributed by atoms with Crippen LogP contribution in [0.1, 0.15) is 52.9 Å². The van der Waals surface area contributed by atoms with Crippen LogP contribution >= 0.6 is 0 Å². The van der Waals surface area contributed by atoms with Crippen molar-refractivity contribution in [1.82, 2.24) is 5.32 Å². The Morgan fingerprint density at radius 3 is 2.46 bits per heavy atom. The third-order valence-electron chi connectivity index (χ3n) is 3.34. The molecule has 0 aromatic heterocycles. The van der Waals surface area contributed by atoms with Crippen LogP contribution in [0, 0.1) is 11.8 Å². The maximum atomic E-state index is 3.64. The number of hydrogen-bond acceptors (Lipinski definition) is 1. The highest BCUT2D eigenvalue weighted by Crippen LogP contribution is 2.39. The average Bonchev–Trinajstić information content (AvgIpc) is 2.94. The molecular weight excluding hydrogens is 158 g/mol. The fraction of sp³-hybridized carbons (Fsp3) is 1.00. The van der Waals surface area contributed by atoms with Crippen LogP contribution in [0.25, 0.3) is 0 Å². The van der Waals surface area contributed by atoms with Gasteiger partial charge in [0.05, 0.1) is 0 Å². The molecule has 1 rings (SSSR count). The SMILES string of the molecule is CCCCC(NCC)C(C)C1CC1. The van der Waals surface area contributed by atoms with Crippen LogP contribution in [0.2, 0.25) is 0 Å². The molecule has 0 spiro atoms. The first-order valence-electron chi connectivity index (χ1n) is 6.03. The van der Waals surface area contributed by atoms with Crippen molar-refractivity contribution in [3.8, 4) is 0 Å². The Bertz CT molecular complexity index is 129. The summed E-state index contributed by atoms with van der Waals surface area (Å²) in [4.78, 5) is 0. The fourth-order valence-corrected chi connectivity index (χ4v) is 2.19. The lowest BCUT2D eigenvalue weighted by Crippen LogP contribution is -2.35. The highest BCUT2D eigenvalue weighted by atomic mass is 14.9. The molecule has 0 heterocycles. The smallest absolute Gasteiger partial charge is 0.00952 e. The summed E-state index contributed by atoms with van der Waals surface area (Å²) in [5.74, 6) is 1.95. The van der Waals surface area contributed by atoms with E-state index >= 15 is 0 Å². The summed E-state index contributed by atoms with van der Waals surface area (Å²) < 4.78 is 0. The summed E-state index contributed by atoms with van der Waals surface area (Å²) >= 11 is 0. The zero-order chi connectivity index (χ0) is 9.68. The Labute approximate surface area is 83.3 Å². The number of unbranched alkanes of at least 4 members (excludes halogenated alkanes) is 1. The second kappa shape index (κ2) is 5.64. The molecule has 13 heavy (non-hydrogen) atoms. The Balaban J connectivity index is 2.26. The molecule has 0 aromatic carbocycles. The monoisotopic (exact) mass is 183 g/mol. The minimum atomic E-state index is 0.789. The summed E-state index contributed by atoms with van der Waals surface area (Å²) in [6.45, 7) is 8.06. The molecule has 2 atom stereocenters. The van der Waals surface area contributed by atoms with Crippen molar-refractivity contribution in [1.29, 1.82) is 0 Å². The number of rotatable bonds is 7. The molecule has 78 valence electrons. The van der Waals surface area contributed by atoms with E-state index in [9.17, 15) is 0 Å². The van der Waals surface area contributed by atoms with Crippen molar-refractivity contribution in [2.75, 3.05) is 6.54 Å². The van der Waals surface area contributed by atoms with Crippen LogP contribution in [-0.2, 0) is 0 Å². The Morgan fingerprint density at radius 1 is 1.31 bits per heavy atom. The van der Waals surface area contributed by atoms with Gasteiger partial charge in [-0.3, -0.25) is 0 Å². The Hall–Kier alpha value is -0.0400. The summed E-state index contributed by atoms with van der Waals surface area (Å²) in [5.41, 5.74) is 0. The lowest BCUT2D eigenvalue weighted by atomic mass is 9.92. The Kier molecular flexibility index (Phi) is 4.79. The summed E-state index contributed by atoms with van der Waals surface area (Å²) in [6, 6.07) is 0.789. The van der Waals surface area contributed by atoms with Crippen molar-refractivity contribution in [2.24, 2.45) is 11.8 Å². The summed E-state index contributed by atoms with van der Waals surface area (Å²) in [6.07, 6.45) is 7.06. The van der Waals surface area contributed by atoms with Gasteiger partial charge in [0.2, 0.25) is 0 Å². The third kappa shape index (κ3) is 3.68. The molecule has 0 saturated heterocycles. The van der Waals surface area contributed by atoms with Crippen LogP contribution in [0.5, 0.6) is 0 Å². The quantitative estimate of drug-likeness (QED) is 0.639. The highest BCUT2D eigenvalue weighted by molar-refractivity contribution is 4.86. The third-order valence-corrected chi connectivity index (χ3v) is 3.34. The molecule has 1 saturated carbocycles. The van der Waals surface area contributed by atoms with Gasteiger partial charge in [0.15, 0.2) is 0 Å². The van der Waals surface area contributed by atoms with Gasteiger partial charge < -0.3 is 5.32 Å². The van der Waals surface area contributed by atoms with E-state index in [2.05, 4.69) is 26.1 Å². The van der Waals surface area contributed by atoms with E-state index in [1.807, 2.05) is 0 Å². The van der Waals surface area contributed by atoms with Crippen molar-refractivity contribution < 1.29 is 0 Å². The maximum Gasteiger partial charge on any atom is 0.00952 e. The molecule has 1 fully saturated rings. The Morgan fingerprint density at radius 2 is 2.00 bits per heavy atom. The van der Waals surface area contributed by atoms with Gasteiger partial charge in [0.1, 0.15) is 0 Å². The molecule has 1 heteroatoms. The molecule has 2 unspecified atom stereocenters. The molecule has 0 bridgehead atoms. The minimum absolute atomic E-state index is 0.789. The topological polar surface area (TPSA) is 12.0 Å². The van der Waals surface area contributed by atoms with Gasteiger partial charge >= 0.3 is 0 Å². The van der Waals surface area contributed by atoms with E-state index in [-0.39, 0.29) is 0 Å². The molecule has 1 nitrogen and oxygen atoms in total. The first-order valence-corrected chi connectivity index (χ1v) is 6.03. The predicted octanol–water partition coefficient (Wildman–Crippen LogP) is 3.20. The van der Waals surface area contributed by atoms with E-state index in [1.54, 1.807) is 0 Å². The number of nitrogens with one attached hydrogen (secondary N) is 1. The molecule has 0 radical (unpaired) electrons. The van der Waals surface area contributed by atoms with Crippen molar-refractivity contribution in [3.63, 3.8) is 0 Å². The van der Waals surface area contributed by atoms with Gasteiger partial charge in [-0.25, -0.2) is 0 Å². The van der Waals surface area contributed by atoms with Crippen molar-refractivity contribution in [2.45, 2.75) is 58.9 Å². The highest BCUT2D eigenvalue weighted by Gasteiger charge is 2.32. The lowest BCUT2D eigenvalue weighted by Gasteiger charge is -2.24. The molecule has 0 amide bonds. The summed E-state index contributed by atoms with van der Waals surface area (Å²) in [5, 5.41) is 3.64. The molecule has 1 aliphatic rings. The van der Waals surface area contributed by atoms with Crippen LogP contribution in [0.3, 0.4) is 0 Å². The molecular formula is C12H25N. The largest absolute Gasteiger partial charge is 0.314 e. The van der Waals surface area contributed by atoms with Gasteiger partial charge in [0.25, 0.3) is 0 Å². The van der Waals surface area contributed by atoms with Crippen LogP contribution < -0.4 is 5.32 Å². The van der Waals surface area contributed by atoms with Crippen LogP contribution in [0.15, 0.2) is 0 Å². The van der Waals surface area contributed by atoms with E-state index in [0.29, 0.717) is 0 Å². The molecule has 0 aliphatic heterocycles. The summed E-state index contributed by atoms with van der Waals surface area (Å²) in [7, 11) is 0. The maximum absolute atomic E-state index is 3.64. The zero-order valence-electron chi connectivity index (χ0n) is 9.47. The van der Waals surface area contributed by atoms with E-state index in [1.165, 1.54) is 32.1 Å². The fourth-order valence-electron chi connectivity index (χ4n) is 2.19. The predicted molar refractivity (Wildman–Crippen MR) is 58.9 cm³/mol. The van der Waals surface area contributed by atoms with E-state index in [0.717, 1.165) is 24.4 Å². The van der Waals surface area contributed by atoms with Gasteiger partial charge in [-0.15, -0.1) is 0 Å². The molecule has 0 aromatic rings. The van der Waals surface area contributed by atoms with Crippen molar-refractivity contribution >= 4 is 0 Å². The van der Waals surface area contributed by atoms with E-state index in [4.69, 9.17) is 0 Å². The first-order chi connectivity index (χ1) is 6.29. The zero-order valence-corrected chi connectivity index (χ0v) is 9.47. The second-order valence-electron chi connectivity index (χ2n) is 4.50. The minimum Gasteiger partial charge on any atom is -0.314 e. The second-order valence-corrected chi connectivity index (χ2v) is 4.50. The van der Waals surface area contributed by atoms with Crippen LogP contribution in [-0.4, -0.2) is 12.6 Å². The molecule has 1 N–H and O–H groups in total. The molecule has 1 aliphatic carbocycles. The van der Waals surface area contributed by atoms with Gasteiger partial charge in [-0.1, -0.05) is 33.6 Å². The van der Waals surface area contributed by atoms with Crippen LogP contribution in [0.4, 0.5) is 0 Å².